The molecule has 172 valence electrons. The Hall–Kier alpha value is -2.14. The van der Waals surface area contributed by atoms with Crippen molar-refractivity contribution in [2.24, 2.45) is 5.92 Å². The maximum atomic E-state index is 12.9. The van der Waals surface area contributed by atoms with Crippen LogP contribution in [-0.4, -0.2) is 69.5 Å². The van der Waals surface area contributed by atoms with Gasteiger partial charge in [0.2, 0.25) is 16.3 Å². The van der Waals surface area contributed by atoms with Gasteiger partial charge < -0.3 is 24.6 Å². The summed E-state index contributed by atoms with van der Waals surface area (Å²) in [5.74, 6) is 0.643. The van der Waals surface area contributed by atoms with Crippen LogP contribution in [0.4, 0.5) is 0 Å². The summed E-state index contributed by atoms with van der Waals surface area (Å²) in [5, 5.41) is 12.2. The molecule has 0 aromatic heterocycles. The van der Waals surface area contributed by atoms with Gasteiger partial charge in [0.05, 0.1) is 25.2 Å². The van der Waals surface area contributed by atoms with Crippen molar-refractivity contribution in [3.05, 3.63) is 36.1 Å². The van der Waals surface area contributed by atoms with E-state index in [-0.39, 0.29) is 54.8 Å². The summed E-state index contributed by atoms with van der Waals surface area (Å²) in [7, 11) is -2.31. The van der Waals surface area contributed by atoms with E-state index in [1.54, 1.807) is 18.2 Å². The molecule has 0 unspecified atom stereocenters. The van der Waals surface area contributed by atoms with E-state index in [4.69, 9.17) is 14.2 Å². The van der Waals surface area contributed by atoms with Crippen LogP contribution < -0.4 is 10.1 Å². The largest absolute Gasteiger partial charge is 0.497 e. The van der Waals surface area contributed by atoms with E-state index in [2.05, 4.69) is 5.32 Å². The average molecular weight is 455 g/mol. The molecule has 2 N–H and O–H groups in total. The number of methoxy groups -OCH3 is 1. The Morgan fingerprint density at radius 1 is 1.26 bits per heavy atom. The van der Waals surface area contributed by atoms with Crippen LogP contribution in [-0.2, 0) is 24.3 Å². The van der Waals surface area contributed by atoms with Crippen LogP contribution in [0.5, 0.6) is 5.75 Å². The summed E-state index contributed by atoms with van der Waals surface area (Å²) < 4.78 is 43.5. The molecule has 1 saturated carbocycles. The second-order valence-electron chi connectivity index (χ2n) is 7.71. The smallest absolute Gasteiger partial charge is 0.286 e. The van der Waals surface area contributed by atoms with Crippen molar-refractivity contribution in [2.75, 3.05) is 33.4 Å². The quantitative estimate of drug-likeness (QED) is 0.517. The van der Waals surface area contributed by atoms with Crippen molar-refractivity contribution in [1.82, 2.24) is 9.62 Å². The number of carbonyl (C=O) groups is 1. The van der Waals surface area contributed by atoms with Gasteiger partial charge >= 0.3 is 0 Å². The first kappa shape index (κ1) is 23.5. The van der Waals surface area contributed by atoms with Gasteiger partial charge in [0.1, 0.15) is 5.75 Å². The van der Waals surface area contributed by atoms with E-state index in [1.165, 1.54) is 19.2 Å². The number of amides is 1. The van der Waals surface area contributed by atoms with Gasteiger partial charge in [-0.3, -0.25) is 4.79 Å². The highest BCUT2D eigenvalue weighted by Gasteiger charge is 2.30. The maximum absolute atomic E-state index is 12.9. The van der Waals surface area contributed by atoms with Crippen molar-refractivity contribution < 1.29 is 32.5 Å². The predicted molar refractivity (Wildman–Crippen MR) is 113 cm³/mol. The molecule has 1 amide bonds. The third-order valence-corrected chi connectivity index (χ3v) is 7.00. The topological polar surface area (TPSA) is 114 Å². The molecule has 2 atom stereocenters. The lowest BCUT2D eigenvalue weighted by atomic mass is 10.0. The third kappa shape index (κ3) is 6.42. The van der Waals surface area contributed by atoms with E-state index in [0.29, 0.717) is 12.2 Å². The maximum Gasteiger partial charge on any atom is 0.286 e. The predicted octanol–water partition coefficient (Wildman–Crippen LogP) is 1.24. The number of hydrogen-bond acceptors (Lipinski definition) is 7. The Labute approximate surface area is 183 Å². The summed E-state index contributed by atoms with van der Waals surface area (Å²) >= 11 is 0. The van der Waals surface area contributed by atoms with E-state index >= 15 is 0 Å². The second-order valence-corrected chi connectivity index (χ2v) is 9.65. The fraction of sp³-hybridized carbons (Fsp3) is 0.571. The highest BCUT2D eigenvalue weighted by atomic mass is 32.2. The van der Waals surface area contributed by atoms with E-state index in [9.17, 15) is 18.3 Å². The molecule has 1 aliphatic carbocycles. The first-order chi connectivity index (χ1) is 14.8. The first-order valence-corrected chi connectivity index (χ1v) is 11.8. The highest BCUT2D eigenvalue weighted by Crippen LogP contribution is 2.25. The number of nitrogens with one attached hydrogen (secondary N) is 1. The Morgan fingerprint density at radius 2 is 1.97 bits per heavy atom. The normalized spacial score (nSPS) is 21.4. The van der Waals surface area contributed by atoms with Gasteiger partial charge in [-0.05, 0) is 49.1 Å². The molecule has 1 heterocycles. The third-order valence-electron chi connectivity index (χ3n) is 5.09. The molecule has 10 heteroatoms. The Morgan fingerprint density at radius 3 is 2.58 bits per heavy atom. The first-order valence-electron chi connectivity index (χ1n) is 10.4. The van der Waals surface area contributed by atoms with E-state index < -0.39 is 16.3 Å². The monoisotopic (exact) mass is 454 g/mol. The summed E-state index contributed by atoms with van der Waals surface area (Å²) in [6.07, 6.45) is 3.67. The van der Waals surface area contributed by atoms with Gasteiger partial charge in [-0.2, -0.15) is 4.31 Å². The summed E-state index contributed by atoms with van der Waals surface area (Å²) in [6.45, 7) is 1.69. The number of allylic oxidation sites excluding steroid dienone is 1. The molecule has 1 aliphatic heterocycles. The molecule has 31 heavy (non-hydrogen) atoms. The summed E-state index contributed by atoms with van der Waals surface area (Å²) in [5.41, 5.74) is 0. The summed E-state index contributed by atoms with van der Waals surface area (Å²) in [6, 6.07) is 6.28. The number of benzene rings is 1. The van der Waals surface area contributed by atoms with Gasteiger partial charge in [-0.1, -0.05) is 6.92 Å². The van der Waals surface area contributed by atoms with Gasteiger partial charge in [-0.25, -0.2) is 8.42 Å². The van der Waals surface area contributed by atoms with Gasteiger partial charge in [0, 0.05) is 25.6 Å². The van der Waals surface area contributed by atoms with Crippen LogP contribution >= 0.6 is 0 Å². The number of ether oxygens (including phenoxy) is 3. The lowest BCUT2D eigenvalue weighted by Crippen LogP contribution is -2.38. The number of carbonyl (C=O) groups excluding carboxylic acids is 1. The molecule has 0 saturated heterocycles. The second kappa shape index (κ2) is 10.4. The molecule has 1 fully saturated rings. The Bertz CT molecular complexity index is 881. The van der Waals surface area contributed by atoms with Gasteiger partial charge in [-0.15, -0.1) is 0 Å². The zero-order chi connectivity index (χ0) is 22.4. The summed E-state index contributed by atoms with van der Waals surface area (Å²) in [4.78, 5) is 12.4. The van der Waals surface area contributed by atoms with E-state index in [1.807, 2.05) is 6.92 Å². The van der Waals surface area contributed by atoms with Gasteiger partial charge in [0.25, 0.3) is 5.91 Å². The number of rotatable bonds is 11. The Balaban J connectivity index is 1.57. The molecule has 0 radical (unpaired) electrons. The van der Waals surface area contributed by atoms with Crippen molar-refractivity contribution in [2.45, 2.75) is 43.4 Å². The van der Waals surface area contributed by atoms with Crippen LogP contribution in [0.2, 0.25) is 0 Å². The van der Waals surface area contributed by atoms with Crippen LogP contribution in [0.25, 0.3) is 0 Å². The van der Waals surface area contributed by atoms with Gasteiger partial charge in [0.15, 0.2) is 5.76 Å². The zero-order valence-electron chi connectivity index (χ0n) is 17.8. The minimum atomic E-state index is -3.81. The molecule has 1 aromatic carbocycles. The Kier molecular flexibility index (Phi) is 7.93. The SMILES string of the molecule is COc1ccc(S(=O)(=O)N(CCO)CCO[C@@H]2C[C@H](C)C=C(C(=O)NC3CC3)O2)cc1. The molecule has 9 nitrogen and oxygen atoms in total. The van der Waals surface area contributed by atoms with Crippen molar-refractivity contribution in [3.63, 3.8) is 0 Å². The van der Waals surface area contributed by atoms with Crippen LogP contribution in [0.15, 0.2) is 41.0 Å². The van der Waals surface area contributed by atoms with Crippen molar-refractivity contribution in [1.29, 1.82) is 0 Å². The van der Waals surface area contributed by atoms with Crippen molar-refractivity contribution in [3.8, 4) is 5.75 Å². The minimum absolute atomic E-state index is 0.0382. The molecular weight excluding hydrogens is 424 g/mol. The minimum Gasteiger partial charge on any atom is -0.497 e. The number of sulfonamides is 1. The van der Waals surface area contributed by atoms with Crippen LogP contribution in [0, 0.1) is 5.92 Å². The molecule has 2 aliphatic rings. The van der Waals surface area contributed by atoms with Crippen molar-refractivity contribution >= 4 is 15.9 Å². The number of hydrogen-bond donors (Lipinski definition) is 2. The lowest BCUT2D eigenvalue weighted by molar-refractivity contribution is -0.148. The molecular formula is C21H30N2O7S. The zero-order valence-corrected chi connectivity index (χ0v) is 18.6. The number of nitrogens with zero attached hydrogens (tertiary/aromatic N) is 1. The van der Waals surface area contributed by atoms with Crippen LogP contribution in [0.1, 0.15) is 26.2 Å². The highest BCUT2D eigenvalue weighted by molar-refractivity contribution is 7.89. The number of aliphatic hydroxyl groups excluding tert-OH is 1. The molecule has 0 spiro atoms. The average Bonchev–Trinajstić information content (AvgIpc) is 3.56. The standard InChI is InChI=1S/C21H30N2O7S/c1-15-13-19(21(25)22-16-3-4-16)30-20(14-15)29-12-10-23(9-11-24)31(26,27)18-7-5-17(28-2)6-8-18/h5-8,13,15-16,20,24H,3-4,9-12,14H2,1-2H3,(H,22,25)/t15-,20+/m1/s1. The fourth-order valence-corrected chi connectivity index (χ4v) is 4.64. The van der Waals surface area contributed by atoms with E-state index in [0.717, 1.165) is 17.1 Å². The molecule has 3 rings (SSSR count). The fourth-order valence-electron chi connectivity index (χ4n) is 3.22. The molecule has 1 aromatic rings. The number of aliphatic hydroxyl groups is 1. The van der Waals surface area contributed by atoms with Crippen LogP contribution in [0.3, 0.4) is 0 Å². The lowest BCUT2D eigenvalue weighted by Gasteiger charge is -2.28. The molecule has 0 bridgehead atoms.